The molecule has 2 unspecified atom stereocenters. The van der Waals surface area contributed by atoms with E-state index in [1.165, 1.54) is 4.88 Å². The van der Waals surface area contributed by atoms with Gasteiger partial charge in [0.05, 0.1) is 0 Å². The van der Waals surface area contributed by atoms with Crippen LogP contribution >= 0.6 is 11.3 Å². The van der Waals surface area contributed by atoms with Crippen LogP contribution < -0.4 is 0 Å². The molecule has 3 heterocycles. The standard InChI is InChI=1S/C13H18N2O2S/c1-14-5-2-9(8-14)15-6-3-11-10(4-7-18-11)12(15)13(16)17/h4,7,9,12H,2-3,5-6,8H2,1H3,(H,16,17). The summed E-state index contributed by atoms with van der Waals surface area (Å²) in [5.74, 6) is -0.705. The number of rotatable bonds is 2. The molecule has 1 aromatic heterocycles. The van der Waals surface area contributed by atoms with Crippen LogP contribution in [0.2, 0.25) is 0 Å². The quantitative estimate of drug-likeness (QED) is 0.879. The van der Waals surface area contributed by atoms with Crippen LogP contribution in [-0.2, 0) is 11.2 Å². The summed E-state index contributed by atoms with van der Waals surface area (Å²) in [5.41, 5.74) is 1.02. The van der Waals surface area contributed by atoms with Gasteiger partial charge in [-0.05, 0) is 43.4 Å². The van der Waals surface area contributed by atoms with Crippen LogP contribution in [0.15, 0.2) is 11.4 Å². The minimum atomic E-state index is -0.705. The molecule has 0 bridgehead atoms. The van der Waals surface area contributed by atoms with Gasteiger partial charge in [0.1, 0.15) is 6.04 Å². The monoisotopic (exact) mass is 266 g/mol. The number of fused-ring (bicyclic) bond motifs is 1. The van der Waals surface area contributed by atoms with Gasteiger partial charge in [0.2, 0.25) is 0 Å². The number of carboxylic acids is 1. The minimum absolute atomic E-state index is 0.393. The molecule has 4 nitrogen and oxygen atoms in total. The molecule has 3 rings (SSSR count). The number of likely N-dealkylation sites (tertiary alicyclic amines) is 1. The van der Waals surface area contributed by atoms with E-state index in [0.717, 1.165) is 38.0 Å². The summed E-state index contributed by atoms with van der Waals surface area (Å²) in [5, 5.41) is 11.6. The highest BCUT2D eigenvalue weighted by atomic mass is 32.1. The third-order valence-electron chi connectivity index (χ3n) is 4.07. The molecule has 0 spiro atoms. The van der Waals surface area contributed by atoms with Crippen molar-refractivity contribution in [2.24, 2.45) is 0 Å². The molecule has 2 aliphatic rings. The molecule has 0 saturated carbocycles. The van der Waals surface area contributed by atoms with Crippen molar-refractivity contribution in [3.8, 4) is 0 Å². The van der Waals surface area contributed by atoms with Gasteiger partial charge in [-0.2, -0.15) is 0 Å². The van der Waals surface area contributed by atoms with Gasteiger partial charge in [-0.25, -0.2) is 0 Å². The first-order valence-corrected chi connectivity index (χ1v) is 7.28. The Kier molecular flexibility index (Phi) is 3.13. The fourth-order valence-electron chi connectivity index (χ4n) is 3.19. The second kappa shape index (κ2) is 4.64. The summed E-state index contributed by atoms with van der Waals surface area (Å²) in [6, 6.07) is 1.95. The van der Waals surface area contributed by atoms with E-state index < -0.39 is 12.0 Å². The largest absolute Gasteiger partial charge is 0.480 e. The smallest absolute Gasteiger partial charge is 0.325 e. The van der Waals surface area contributed by atoms with Crippen molar-refractivity contribution >= 4 is 17.3 Å². The molecule has 0 radical (unpaired) electrons. The van der Waals surface area contributed by atoms with Crippen molar-refractivity contribution in [1.29, 1.82) is 0 Å². The van der Waals surface area contributed by atoms with E-state index in [1.807, 2.05) is 11.4 Å². The van der Waals surface area contributed by atoms with Crippen molar-refractivity contribution in [2.45, 2.75) is 24.9 Å². The summed E-state index contributed by atoms with van der Waals surface area (Å²) in [6.07, 6.45) is 2.08. The molecular weight excluding hydrogens is 248 g/mol. The van der Waals surface area contributed by atoms with E-state index in [-0.39, 0.29) is 0 Å². The van der Waals surface area contributed by atoms with E-state index in [2.05, 4.69) is 16.8 Å². The number of hydrogen-bond acceptors (Lipinski definition) is 4. The van der Waals surface area contributed by atoms with Crippen molar-refractivity contribution in [3.63, 3.8) is 0 Å². The lowest BCUT2D eigenvalue weighted by molar-refractivity contribution is -0.145. The highest BCUT2D eigenvalue weighted by Crippen LogP contribution is 2.36. The van der Waals surface area contributed by atoms with Gasteiger partial charge < -0.3 is 10.0 Å². The fraction of sp³-hybridized carbons (Fsp3) is 0.615. The highest BCUT2D eigenvalue weighted by molar-refractivity contribution is 7.10. The normalized spacial score (nSPS) is 29.4. The van der Waals surface area contributed by atoms with Gasteiger partial charge in [-0.15, -0.1) is 11.3 Å². The Balaban J connectivity index is 1.89. The van der Waals surface area contributed by atoms with Gasteiger partial charge in [-0.3, -0.25) is 9.69 Å². The first-order valence-electron chi connectivity index (χ1n) is 6.40. The lowest BCUT2D eigenvalue weighted by Gasteiger charge is -2.37. The van der Waals surface area contributed by atoms with Crippen molar-refractivity contribution in [1.82, 2.24) is 9.80 Å². The maximum Gasteiger partial charge on any atom is 0.325 e. The van der Waals surface area contributed by atoms with Crippen LogP contribution in [0.3, 0.4) is 0 Å². The Morgan fingerprint density at radius 1 is 1.50 bits per heavy atom. The van der Waals surface area contributed by atoms with Crippen LogP contribution in [0.25, 0.3) is 0 Å². The predicted molar refractivity (Wildman–Crippen MR) is 71.0 cm³/mol. The summed E-state index contributed by atoms with van der Waals surface area (Å²) >= 11 is 1.69. The minimum Gasteiger partial charge on any atom is -0.480 e. The molecule has 0 amide bonds. The fourth-order valence-corrected chi connectivity index (χ4v) is 4.09. The van der Waals surface area contributed by atoms with Gasteiger partial charge in [0.15, 0.2) is 0 Å². The average Bonchev–Trinajstić information content (AvgIpc) is 2.95. The molecule has 2 aliphatic heterocycles. The SMILES string of the molecule is CN1CCC(N2CCc3sccc3C2C(=O)O)C1. The zero-order chi connectivity index (χ0) is 12.7. The van der Waals surface area contributed by atoms with Gasteiger partial charge >= 0.3 is 5.97 Å². The number of thiophene rings is 1. The maximum absolute atomic E-state index is 11.6. The number of hydrogen-bond donors (Lipinski definition) is 1. The van der Waals surface area contributed by atoms with E-state index in [9.17, 15) is 9.90 Å². The second-order valence-electron chi connectivity index (χ2n) is 5.23. The second-order valence-corrected chi connectivity index (χ2v) is 6.23. The molecule has 1 N–H and O–H groups in total. The topological polar surface area (TPSA) is 43.8 Å². The molecule has 1 aromatic rings. The third kappa shape index (κ3) is 1.96. The summed E-state index contributed by atoms with van der Waals surface area (Å²) < 4.78 is 0. The lowest BCUT2D eigenvalue weighted by atomic mass is 9.97. The van der Waals surface area contributed by atoms with Crippen molar-refractivity contribution in [3.05, 3.63) is 21.9 Å². The molecule has 1 saturated heterocycles. The Hall–Kier alpha value is -0.910. The molecule has 0 aromatic carbocycles. The first-order chi connectivity index (χ1) is 8.66. The molecule has 18 heavy (non-hydrogen) atoms. The van der Waals surface area contributed by atoms with E-state index in [4.69, 9.17) is 0 Å². The predicted octanol–water partition coefficient (Wildman–Crippen LogP) is 1.44. The Labute approximate surface area is 111 Å². The number of nitrogens with zero attached hydrogens (tertiary/aromatic N) is 2. The average molecular weight is 266 g/mol. The third-order valence-corrected chi connectivity index (χ3v) is 5.07. The lowest BCUT2D eigenvalue weighted by Crippen LogP contribution is -2.46. The zero-order valence-corrected chi connectivity index (χ0v) is 11.3. The number of likely N-dealkylation sites (N-methyl/N-ethyl adjacent to an activating group) is 1. The van der Waals surface area contributed by atoms with Crippen LogP contribution in [0.4, 0.5) is 0 Å². The molecule has 5 heteroatoms. The van der Waals surface area contributed by atoms with E-state index >= 15 is 0 Å². The van der Waals surface area contributed by atoms with Crippen molar-refractivity contribution < 1.29 is 9.90 Å². The molecule has 1 fully saturated rings. The Morgan fingerprint density at radius 2 is 2.33 bits per heavy atom. The Bertz CT molecular complexity index is 460. The maximum atomic E-state index is 11.6. The summed E-state index contributed by atoms with van der Waals surface area (Å²) in [6.45, 7) is 2.94. The highest BCUT2D eigenvalue weighted by Gasteiger charge is 2.39. The summed E-state index contributed by atoms with van der Waals surface area (Å²) in [4.78, 5) is 17.3. The van der Waals surface area contributed by atoms with Crippen LogP contribution in [0, 0.1) is 0 Å². The zero-order valence-electron chi connectivity index (χ0n) is 10.5. The number of carbonyl (C=O) groups is 1. The van der Waals surface area contributed by atoms with E-state index in [1.54, 1.807) is 11.3 Å². The summed E-state index contributed by atoms with van der Waals surface area (Å²) in [7, 11) is 2.11. The Morgan fingerprint density at radius 3 is 3.00 bits per heavy atom. The van der Waals surface area contributed by atoms with Gasteiger partial charge in [0, 0.05) is 24.0 Å². The molecular formula is C13H18N2O2S. The first kappa shape index (κ1) is 12.1. The molecule has 0 aliphatic carbocycles. The number of aliphatic carboxylic acids is 1. The number of carboxylic acid groups (broad SMARTS) is 1. The van der Waals surface area contributed by atoms with Gasteiger partial charge in [0.25, 0.3) is 0 Å². The van der Waals surface area contributed by atoms with Crippen LogP contribution in [-0.4, -0.2) is 53.6 Å². The van der Waals surface area contributed by atoms with Crippen molar-refractivity contribution in [2.75, 3.05) is 26.7 Å². The molecule has 98 valence electrons. The molecule has 2 atom stereocenters. The van der Waals surface area contributed by atoms with Gasteiger partial charge in [-0.1, -0.05) is 0 Å². The van der Waals surface area contributed by atoms with E-state index in [0.29, 0.717) is 6.04 Å². The van der Waals surface area contributed by atoms with Crippen LogP contribution in [0.5, 0.6) is 0 Å². The van der Waals surface area contributed by atoms with Crippen LogP contribution in [0.1, 0.15) is 22.9 Å².